The Bertz CT molecular complexity index is 546. The molecule has 0 saturated carbocycles. The number of nitrogens with two attached hydrogens (primary N) is 2. The molecular weight excluding hydrogens is 386 g/mol. The number of carboxylic acids is 1. The van der Waals surface area contributed by atoms with Gasteiger partial charge in [-0.3, -0.25) is 14.4 Å². The first kappa shape index (κ1) is 26.1. The van der Waals surface area contributed by atoms with Crippen LogP contribution in [0.3, 0.4) is 0 Å². The molecule has 0 saturated heterocycles. The molecule has 4 atom stereocenters. The van der Waals surface area contributed by atoms with Gasteiger partial charge in [0.05, 0.1) is 6.04 Å². The molecule has 162 valence electrons. The van der Waals surface area contributed by atoms with Gasteiger partial charge in [-0.15, -0.1) is 0 Å². The van der Waals surface area contributed by atoms with Crippen LogP contribution in [-0.4, -0.2) is 65.3 Å². The minimum Gasteiger partial charge on any atom is -0.480 e. The Kier molecular flexibility index (Phi) is 12.5. The van der Waals surface area contributed by atoms with Crippen molar-refractivity contribution in [1.82, 2.24) is 16.0 Å². The van der Waals surface area contributed by atoms with Gasteiger partial charge in [0.2, 0.25) is 17.7 Å². The minimum absolute atomic E-state index is 0.123. The molecule has 4 unspecified atom stereocenters. The number of carboxylic acid groups (broad SMARTS) is 1. The highest BCUT2D eigenvalue weighted by atomic mass is 32.1. The maximum atomic E-state index is 12.5. The first-order chi connectivity index (χ1) is 13.0. The Hall–Kier alpha value is -1.85. The van der Waals surface area contributed by atoms with Crippen LogP contribution in [0.2, 0.25) is 0 Å². The molecular formula is C17H33N5O5S. The van der Waals surface area contributed by atoms with Gasteiger partial charge in [0.1, 0.15) is 18.1 Å². The van der Waals surface area contributed by atoms with E-state index in [4.69, 9.17) is 11.5 Å². The van der Waals surface area contributed by atoms with Gasteiger partial charge in [-0.25, -0.2) is 4.79 Å². The van der Waals surface area contributed by atoms with Crippen LogP contribution in [0, 0.1) is 5.92 Å². The van der Waals surface area contributed by atoms with Crippen molar-refractivity contribution in [3.63, 3.8) is 0 Å². The molecule has 0 aromatic carbocycles. The molecule has 0 radical (unpaired) electrons. The lowest BCUT2D eigenvalue weighted by atomic mass is 10.0. The average Bonchev–Trinajstić information content (AvgIpc) is 2.63. The Labute approximate surface area is 171 Å². The van der Waals surface area contributed by atoms with Gasteiger partial charge in [-0.2, -0.15) is 12.6 Å². The number of unbranched alkanes of at least 4 members (excludes halogenated alkanes) is 1. The van der Waals surface area contributed by atoms with Crippen molar-refractivity contribution < 1.29 is 24.3 Å². The van der Waals surface area contributed by atoms with E-state index in [0.717, 1.165) is 0 Å². The summed E-state index contributed by atoms with van der Waals surface area (Å²) in [6.07, 6.45) is 1.45. The summed E-state index contributed by atoms with van der Waals surface area (Å²) in [7, 11) is 0. The highest BCUT2D eigenvalue weighted by molar-refractivity contribution is 7.80. The number of aliphatic carboxylic acids is 1. The zero-order valence-corrected chi connectivity index (χ0v) is 17.5. The maximum Gasteiger partial charge on any atom is 0.326 e. The number of carbonyl (C=O) groups excluding carboxylic acids is 3. The molecule has 0 bridgehead atoms. The topological polar surface area (TPSA) is 177 Å². The summed E-state index contributed by atoms with van der Waals surface area (Å²) in [5.74, 6) is -3.00. The SMILES string of the molecule is CC(NC(=O)C(NC(=O)C(N)CS)C(C)C)C(=O)NC(CCCCN)C(=O)O. The molecule has 0 aromatic heterocycles. The van der Waals surface area contributed by atoms with Crippen LogP contribution in [-0.2, 0) is 19.2 Å². The van der Waals surface area contributed by atoms with E-state index in [1.54, 1.807) is 13.8 Å². The number of amides is 3. The standard InChI is InChI=1S/C17H33N5O5S/c1-9(2)13(22-15(24)11(19)8-28)16(25)20-10(3)14(23)21-12(17(26)27)6-4-5-7-18/h9-13,28H,4-8,18-19H2,1-3H3,(H,20,25)(H,21,23)(H,22,24)(H,26,27). The Morgan fingerprint density at radius 3 is 2.04 bits per heavy atom. The van der Waals surface area contributed by atoms with Gasteiger partial charge in [-0.05, 0) is 38.6 Å². The van der Waals surface area contributed by atoms with Gasteiger partial charge in [0.15, 0.2) is 0 Å². The number of hydrogen-bond acceptors (Lipinski definition) is 7. The second-order valence-electron chi connectivity index (χ2n) is 6.93. The van der Waals surface area contributed by atoms with Gasteiger partial charge in [-0.1, -0.05) is 13.8 Å². The van der Waals surface area contributed by atoms with E-state index in [1.165, 1.54) is 6.92 Å². The predicted octanol–water partition coefficient (Wildman–Crippen LogP) is -1.41. The maximum absolute atomic E-state index is 12.5. The summed E-state index contributed by atoms with van der Waals surface area (Å²) in [6, 6.07) is -3.80. The molecule has 10 nitrogen and oxygen atoms in total. The summed E-state index contributed by atoms with van der Waals surface area (Å²) in [5, 5.41) is 16.7. The van der Waals surface area contributed by atoms with Gasteiger partial charge in [0, 0.05) is 5.75 Å². The first-order valence-corrected chi connectivity index (χ1v) is 9.88. The molecule has 3 amide bonds. The van der Waals surface area contributed by atoms with Gasteiger partial charge in [0.25, 0.3) is 0 Å². The van der Waals surface area contributed by atoms with Gasteiger partial charge < -0.3 is 32.5 Å². The largest absolute Gasteiger partial charge is 0.480 e. The second kappa shape index (κ2) is 13.3. The third-order valence-electron chi connectivity index (χ3n) is 4.09. The number of hydrogen-bond donors (Lipinski definition) is 7. The molecule has 0 aliphatic heterocycles. The fraction of sp³-hybridized carbons (Fsp3) is 0.765. The van der Waals surface area contributed by atoms with Crippen molar-refractivity contribution in [2.75, 3.05) is 12.3 Å². The van der Waals surface area contributed by atoms with Crippen molar-refractivity contribution in [2.45, 2.75) is 64.2 Å². The van der Waals surface area contributed by atoms with Crippen molar-refractivity contribution >= 4 is 36.3 Å². The highest BCUT2D eigenvalue weighted by Crippen LogP contribution is 2.05. The molecule has 0 aromatic rings. The van der Waals surface area contributed by atoms with E-state index in [-0.39, 0.29) is 18.1 Å². The Morgan fingerprint density at radius 2 is 1.57 bits per heavy atom. The van der Waals surface area contributed by atoms with Crippen LogP contribution >= 0.6 is 12.6 Å². The average molecular weight is 420 g/mol. The molecule has 0 spiro atoms. The number of carbonyl (C=O) groups is 4. The van der Waals surface area contributed by atoms with E-state index >= 15 is 0 Å². The molecule has 28 heavy (non-hydrogen) atoms. The van der Waals surface area contributed by atoms with Crippen LogP contribution in [0.1, 0.15) is 40.0 Å². The van der Waals surface area contributed by atoms with Crippen LogP contribution < -0.4 is 27.4 Å². The normalized spacial score (nSPS) is 15.2. The van der Waals surface area contributed by atoms with E-state index in [9.17, 15) is 24.3 Å². The van der Waals surface area contributed by atoms with Crippen LogP contribution in [0.15, 0.2) is 0 Å². The number of thiol groups is 1. The Morgan fingerprint density at radius 1 is 0.964 bits per heavy atom. The van der Waals surface area contributed by atoms with E-state index < -0.39 is 47.9 Å². The Balaban J connectivity index is 4.86. The van der Waals surface area contributed by atoms with Crippen molar-refractivity contribution in [3.05, 3.63) is 0 Å². The summed E-state index contributed by atoms with van der Waals surface area (Å²) < 4.78 is 0. The molecule has 0 rings (SSSR count). The molecule has 0 aliphatic rings. The molecule has 0 aliphatic carbocycles. The second-order valence-corrected chi connectivity index (χ2v) is 7.30. The van der Waals surface area contributed by atoms with Crippen molar-refractivity contribution in [3.8, 4) is 0 Å². The van der Waals surface area contributed by atoms with Crippen LogP contribution in [0.4, 0.5) is 0 Å². The monoisotopic (exact) mass is 419 g/mol. The fourth-order valence-corrected chi connectivity index (χ4v) is 2.46. The van der Waals surface area contributed by atoms with Gasteiger partial charge >= 0.3 is 5.97 Å². The third kappa shape index (κ3) is 9.38. The van der Waals surface area contributed by atoms with E-state index in [0.29, 0.717) is 19.4 Å². The summed E-state index contributed by atoms with van der Waals surface area (Å²) in [4.78, 5) is 48.0. The molecule has 11 heteroatoms. The highest BCUT2D eigenvalue weighted by Gasteiger charge is 2.29. The fourth-order valence-electron chi connectivity index (χ4n) is 2.29. The number of nitrogens with one attached hydrogen (secondary N) is 3. The van der Waals surface area contributed by atoms with Crippen molar-refractivity contribution in [1.29, 1.82) is 0 Å². The summed E-state index contributed by atoms with van der Waals surface area (Å²) >= 11 is 3.95. The minimum atomic E-state index is -1.16. The lowest BCUT2D eigenvalue weighted by Crippen LogP contribution is -2.57. The predicted molar refractivity (Wildman–Crippen MR) is 109 cm³/mol. The van der Waals surface area contributed by atoms with E-state index in [1.807, 2.05) is 0 Å². The zero-order chi connectivity index (χ0) is 21.9. The zero-order valence-electron chi connectivity index (χ0n) is 16.6. The quantitative estimate of drug-likeness (QED) is 0.142. The summed E-state index contributed by atoms with van der Waals surface area (Å²) in [5.41, 5.74) is 11.0. The lowest BCUT2D eigenvalue weighted by molar-refractivity contribution is -0.142. The number of rotatable bonds is 13. The smallest absolute Gasteiger partial charge is 0.326 e. The lowest BCUT2D eigenvalue weighted by Gasteiger charge is -2.25. The van der Waals surface area contributed by atoms with E-state index in [2.05, 4.69) is 28.6 Å². The van der Waals surface area contributed by atoms with Crippen molar-refractivity contribution in [2.24, 2.45) is 17.4 Å². The molecule has 0 fully saturated rings. The van der Waals surface area contributed by atoms with Crippen LogP contribution in [0.5, 0.6) is 0 Å². The molecule has 8 N–H and O–H groups in total. The first-order valence-electron chi connectivity index (χ1n) is 9.25. The van der Waals surface area contributed by atoms with Crippen LogP contribution in [0.25, 0.3) is 0 Å². The molecule has 0 heterocycles. The summed E-state index contributed by atoms with van der Waals surface area (Å²) in [6.45, 7) is 5.34. The third-order valence-corrected chi connectivity index (χ3v) is 4.49.